The van der Waals surface area contributed by atoms with Crippen LogP contribution in [0.3, 0.4) is 0 Å². The zero-order valence-electron chi connectivity index (χ0n) is 9.59. The van der Waals surface area contributed by atoms with Gasteiger partial charge >= 0.3 is 5.97 Å². The smallest absolute Gasteiger partial charge is 0.331 e. The number of aryl methyl sites for hydroxylation is 2. The highest BCUT2D eigenvalue weighted by Crippen LogP contribution is 2.17. The summed E-state index contributed by atoms with van der Waals surface area (Å²) in [6.07, 6.45) is 1.70. The van der Waals surface area contributed by atoms with Crippen LogP contribution in [0, 0.1) is 20.8 Å². The van der Waals surface area contributed by atoms with E-state index < -0.39 is 5.97 Å². The average molecular weight is 204 g/mol. The SMILES string of the molecule is C/C(=C\c1cc(C)c(C)c(C)c1)C(=O)O. The van der Waals surface area contributed by atoms with Gasteiger partial charge in [0, 0.05) is 5.57 Å². The summed E-state index contributed by atoms with van der Waals surface area (Å²) < 4.78 is 0. The first kappa shape index (κ1) is 11.5. The molecule has 80 valence electrons. The summed E-state index contributed by atoms with van der Waals surface area (Å²) >= 11 is 0. The third-order valence-electron chi connectivity index (χ3n) is 2.67. The van der Waals surface area contributed by atoms with E-state index in [4.69, 9.17) is 5.11 Å². The van der Waals surface area contributed by atoms with E-state index in [0.29, 0.717) is 5.57 Å². The first-order chi connectivity index (χ1) is 6.91. The Kier molecular flexibility index (Phi) is 3.30. The molecular formula is C13H16O2. The maximum Gasteiger partial charge on any atom is 0.331 e. The van der Waals surface area contributed by atoms with Gasteiger partial charge < -0.3 is 5.11 Å². The van der Waals surface area contributed by atoms with Gasteiger partial charge in [0.2, 0.25) is 0 Å². The highest BCUT2D eigenvalue weighted by molar-refractivity contribution is 5.91. The van der Waals surface area contributed by atoms with Crippen LogP contribution in [0.25, 0.3) is 6.08 Å². The van der Waals surface area contributed by atoms with Crippen molar-refractivity contribution < 1.29 is 9.90 Å². The third-order valence-corrected chi connectivity index (χ3v) is 2.67. The minimum atomic E-state index is -0.870. The molecule has 0 unspecified atom stereocenters. The van der Waals surface area contributed by atoms with Crippen LogP contribution in [-0.4, -0.2) is 11.1 Å². The van der Waals surface area contributed by atoms with Crippen molar-refractivity contribution in [1.82, 2.24) is 0 Å². The summed E-state index contributed by atoms with van der Waals surface area (Å²) in [5.74, 6) is -0.870. The zero-order chi connectivity index (χ0) is 11.6. The maximum atomic E-state index is 10.7. The minimum absolute atomic E-state index is 0.359. The van der Waals surface area contributed by atoms with E-state index in [1.165, 1.54) is 16.7 Å². The molecule has 0 aromatic heterocycles. The molecular weight excluding hydrogens is 188 g/mol. The van der Waals surface area contributed by atoms with Crippen LogP contribution in [-0.2, 0) is 4.79 Å². The molecule has 1 aromatic rings. The summed E-state index contributed by atoms with van der Waals surface area (Å²) in [6.45, 7) is 7.75. The molecule has 1 aromatic carbocycles. The minimum Gasteiger partial charge on any atom is -0.478 e. The van der Waals surface area contributed by atoms with E-state index in [2.05, 4.69) is 6.92 Å². The molecule has 0 saturated carbocycles. The van der Waals surface area contributed by atoms with Crippen LogP contribution in [0.4, 0.5) is 0 Å². The highest BCUT2D eigenvalue weighted by atomic mass is 16.4. The van der Waals surface area contributed by atoms with Crippen LogP contribution < -0.4 is 0 Å². The van der Waals surface area contributed by atoms with Gasteiger partial charge in [-0.05, 0) is 56.0 Å². The molecule has 15 heavy (non-hydrogen) atoms. The molecule has 0 amide bonds. The number of rotatable bonds is 2. The number of carboxylic acids is 1. The largest absolute Gasteiger partial charge is 0.478 e. The van der Waals surface area contributed by atoms with Crippen molar-refractivity contribution in [2.75, 3.05) is 0 Å². The van der Waals surface area contributed by atoms with E-state index in [1.807, 2.05) is 26.0 Å². The van der Waals surface area contributed by atoms with Crippen LogP contribution in [0.5, 0.6) is 0 Å². The lowest BCUT2D eigenvalue weighted by Gasteiger charge is -2.06. The Balaban J connectivity index is 3.18. The van der Waals surface area contributed by atoms with Crippen molar-refractivity contribution in [3.8, 4) is 0 Å². The molecule has 0 aliphatic heterocycles. The van der Waals surface area contributed by atoms with Crippen LogP contribution in [0.1, 0.15) is 29.2 Å². The van der Waals surface area contributed by atoms with E-state index in [1.54, 1.807) is 13.0 Å². The van der Waals surface area contributed by atoms with Gasteiger partial charge in [-0.1, -0.05) is 12.1 Å². The van der Waals surface area contributed by atoms with Crippen molar-refractivity contribution in [3.63, 3.8) is 0 Å². The first-order valence-corrected chi connectivity index (χ1v) is 4.91. The lowest BCUT2D eigenvalue weighted by molar-refractivity contribution is -0.132. The van der Waals surface area contributed by atoms with Crippen LogP contribution in [0.15, 0.2) is 17.7 Å². The topological polar surface area (TPSA) is 37.3 Å². The molecule has 0 atom stereocenters. The van der Waals surface area contributed by atoms with Gasteiger partial charge in [0.15, 0.2) is 0 Å². The Labute approximate surface area is 90.3 Å². The summed E-state index contributed by atoms with van der Waals surface area (Å²) in [5, 5.41) is 8.77. The second kappa shape index (κ2) is 4.30. The molecule has 2 heteroatoms. The molecule has 0 aliphatic carbocycles. The Morgan fingerprint density at radius 3 is 2.07 bits per heavy atom. The van der Waals surface area contributed by atoms with Crippen molar-refractivity contribution in [2.24, 2.45) is 0 Å². The van der Waals surface area contributed by atoms with Crippen LogP contribution >= 0.6 is 0 Å². The second-order valence-electron chi connectivity index (χ2n) is 3.91. The van der Waals surface area contributed by atoms with Crippen molar-refractivity contribution in [1.29, 1.82) is 0 Å². The number of carbonyl (C=O) groups is 1. The molecule has 0 heterocycles. The molecule has 0 bridgehead atoms. The monoisotopic (exact) mass is 204 g/mol. The van der Waals surface area contributed by atoms with E-state index in [9.17, 15) is 4.79 Å². The summed E-state index contributed by atoms with van der Waals surface area (Å²) in [6, 6.07) is 4.02. The molecule has 1 rings (SSSR count). The fourth-order valence-corrected chi connectivity index (χ4v) is 1.46. The lowest BCUT2D eigenvalue weighted by atomic mass is 9.99. The molecule has 0 aliphatic rings. The Morgan fingerprint density at radius 1 is 1.20 bits per heavy atom. The van der Waals surface area contributed by atoms with Gasteiger partial charge in [-0.2, -0.15) is 0 Å². The fraction of sp³-hybridized carbons (Fsp3) is 0.308. The zero-order valence-corrected chi connectivity index (χ0v) is 9.59. The Bertz CT molecular complexity index is 405. The number of hydrogen-bond acceptors (Lipinski definition) is 1. The standard InChI is InChI=1S/C13H16O2/c1-8-5-12(6-9(2)11(8)4)7-10(3)13(14)15/h5-7H,1-4H3,(H,14,15)/b10-7+. The first-order valence-electron chi connectivity index (χ1n) is 4.91. The van der Waals surface area contributed by atoms with Gasteiger partial charge in [0.05, 0.1) is 0 Å². The normalized spacial score (nSPS) is 11.6. The quantitative estimate of drug-likeness (QED) is 0.751. The predicted octanol–water partition coefficient (Wildman–Crippen LogP) is 3.10. The fourth-order valence-electron chi connectivity index (χ4n) is 1.46. The van der Waals surface area contributed by atoms with E-state index >= 15 is 0 Å². The molecule has 0 spiro atoms. The van der Waals surface area contributed by atoms with Gasteiger partial charge in [-0.25, -0.2) is 4.79 Å². The molecule has 1 N–H and O–H groups in total. The average Bonchev–Trinajstić information content (AvgIpc) is 2.13. The van der Waals surface area contributed by atoms with Crippen LogP contribution in [0.2, 0.25) is 0 Å². The predicted molar refractivity (Wildman–Crippen MR) is 61.9 cm³/mol. The van der Waals surface area contributed by atoms with Crippen molar-refractivity contribution in [2.45, 2.75) is 27.7 Å². The number of aliphatic carboxylic acids is 1. The van der Waals surface area contributed by atoms with Gasteiger partial charge in [0.25, 0.3) is 0 Å². The van der Waals surface area contributed by atoms with E-state index in [0.717, 1.165) is 5.56 Å². The second-order valence-corrected chi connectivity index (χ2v) is 3.91. The summed E-state index contributed by atoms with van der Waals surface area (Å²) in [4.78, 5) is 10.7. The number of benzene rings is 1. The molecule has 0 radical (unpaired) electrons. The maximum absolute atomic E-state index is 10.7. The lowest BCUT2D eigenvalue weighted by Crippen LogP contribution is -1.96. The van der Waals surface area contributed by atoms with Gasteiger partial charge in [0.1, 0.15) is 0 Å². The Morgan fingerprint density at radius 2 is 1.67 bits per heavy atom. The Hall–Kier alpha value is -1.57. The molecule has 0 fully saturated rings. The summed E-state index contributed by atoms with van der Waals surface area (Å²) in [5.41, 5.74) is 4.96. The van der Waals surface area contributed by atoms with Gasteiger partial charge in [-0.15, -0.1) is 0 Å². The third kappa shape index (κ3) is 2.69. The molecule has 0 saturated heterocycles. The number of hydrogen-bond donors (Lipinski definition) is 1. The summed E-state index contributed by atoms with van der Waals surface area (Å²) in [7, 11) is 0. The van der Waals surface area contributed by atoms with Crippen molar-refractivity contribution >= 4 is 12.0 Å². The number of carboxylic acid groups (broad SMARTS) is 1. The van der Waals surface area contributed by atoms with E-state index in [-0.39, 0.29) is 0 Å². The highest BCUT2D eigenvalue weighted by Gasteiger charge is 2.02. The van der Waals surface area contributed by atoms with Gasteiger partial charge in [-0.3, -0.25) is 0 Å². The van der Waals surface area contributed by atoms with Crippen molar-refractivity contribution in [3.05, 3.63) is 40.0 Å². The molecule has 2 nitrogen and oxygen atoms in total.